The Hall–Kier alpha value is -2.28. The Morgan fingerprint density at radius 2 is 2.00 bits per heavy atom. The van der Waals surface area contributed by atoms with E-state index in [0.29, 0.717) is 5.92 Å². The maximum atomic E-state index is 11.9. The van der Waals surface area contributed by atoms with Crippen molar-refractivity contribution in [3.63, 3.8) is 0 Å². The normalized spacial score (nSPS) is 16.3. The Balaban J connectivity index is 1.87. The average molecular weight is 311 g/mol. The highest BCUT2D eigenvalue weighted by molar-refractivity contribution is 5.97. The molecule has 0 unspecified atom stereocenters. The van der Waals surface area contributed by atoms with E-state index >= 15 is 0 Å². The monoisotopic (exact) mass is 311 g/mol. The molecule has 0 bridgehead atoms. The van der Waals surface area contributed by atoms with E-state index in [0.717, 1.165) is 32.4 Å². The van der Waals surface area contributed by atoms with Gasteiger partial charge in [-0.1, -0.05) is 30.3 Å². The number of piperidine rings is 1. The van der Waals surface area contributed by atoms with Gasteiger partial charge in [-0.25, -0.2) is 0 Å². The molecule has 0 saturated carbocycles. The number of nitrogens with zero attached hydrogens (tertiary/aromatic N) is 2. The maximum Gasteiger partial charge on any atom is 0.263 e. The first kappa shape index (κ1) is 17.1. The van der Waals surface area contributed by atoms with Crippen molar-refractivity contribution in [3.05, 3.63) is 47.7 Å². The van der Waals surface area contributed by atoms with Gasteiger partial charge in [-0.3, -0.25) is 4.79 Å². The second-order valence-corrected chi connectivity index (χ2v) is 6.45. The lowest BCUT2D eigenvalue weighted by Crippen LogP contribution is -2.34. The predicted molar refractivity (Wildman–Crippen MR) is 91.4 cm³/mol. The van der Waals surface area contributed by atoms with Gasteiger partial charge in [-0.15, -0.1) is 0 Å². The summed E-state index contributed by atoms with van der Waals surface area (Å²) in [5.41, 5.74) is 1.58. The van der Waals surface area contributed by atoms with Crippen LogP contribution < -0.4 is 5.32 Å². The number of carbonyl (C=O) groups excluding carboxylic acids is 1. The van der Waals surface area contributed by atoms with Crippen molar-refractivity contribution in [1.82, 2.24) is 10.2 Å². The molecule has 2 rings (SSSR count). The number of likely N-dealkylation sites (tertiary alicyclic amines) is 1. The number of hydrogen-bond acceptors (Lipinski definition) is 3. The van der Waals surface area contributed by atoms with Gasteiger partial charge in [0.25, 0.3) is 5.91 Å². The largest absolute Gasteiger partial charge is 0.376 e. The Kier molecular flexibility index (Phi) is 6.22. The fourth-order valence-corrected chi connectivity index (χ4v) is 2.89. The lowest BCUT2D eigenvalue weighted by molar-refractivity contribution is -0.117. The number of carbonyl (C=O) groups is 1. The third-order valence-electron chi connectivity index (χ3n) is 4.11. The summed E-state index contributed by atoms with van der Waals surface area (Å²) >= 11 is 0. The first-order valence-corrected chi connectivity index (χ1v) is 8.29. The first-order valence-electron chi connectivity index (χ1n) is 8.29. The summed E-state index contributed by atoms with van der Waals surface area (Å²) in [4.78, 5) is 14.0. The molecule has 1 saturated heterocycles. The van der Waals surface area contributed by atoms with Gasteiger partial charge in [0.05, 0.1) is 0 Å². The van der Waals surface area contributed by atoms with Crippen LogP contribution in [0, 0.1) is 17.2 Å². The van der Waals surface area contributed by atoms with Gasteiger partial charge in [0.2, 0.25) is 0 Å². The molecule has 1 aromatic rings. The second kappa shape index (κ2) is 8.38. The van der Waals surface area contributed by atoms with E-state index < -0.39 is 0 Å². The van der Waals surface area contributed by atoms with E-state index in [-0.39, 0.29) is 17.5 Å². The highest BCUT2D eigenvalue weighted by atomic mass is 16.1. The Morgan fingerprint density at radius 3 is 2.57 bits per heavy atom. The summed E-state index contributed by atoms with van der Waals surface area (Å²) < 4.78 is 0. The molecule has 4 heteroatoms. The molecule has 1 aliphatic rings. The van der Waals surface area contributed by atoms with Gasteiger partial charge >= 0.3 is 0 Å². The Bertz CT molecular complexity index is 578. The van der Waals surface area contributed by atoms with E-state index in [4.69, 9.17) is 0 Å². The molecular formula is C19H25N3O. The van der Waals surface area contributed by atoms with Gasteiger partial charge in [0, 0.05) is 25.3 Å². The quantitative estimate of drug-likeness (QED) is 0.672. The molecule has 4 nitrogen and oxygen atoms in total. The summed E-state index contributed by atoms with van der Waals surface area (Å²) in [5.74, 6) is 0.394. The van der Waals surface area contributed by atoms with Crippen molar-refractivity contribution in [2.24, 2.45) is 5.92 Å². The Labute approximate surface area is 138 Å². The van der Waals surface area contributed by atoms with Gasteiger partial charge in [-0.05, 0) is 44.6 Å². The third kappa shape index (κ3) is 5.45. The smallest absolute Gasteiger partial charge is 0.263 e. The lowest BCUT2D eigenvalue weighted by Gasteiger charge is -2.31. The molecule has 1 aliphatic heterocycles. The average Bonchev–Trinajstić information content (AvgIpc) is 2.54. The van der Waals surface area contributed by atoms with Crippen molar-refractivity contribution >= 4 is 5.91 Å². The summed E-state index contributed by atoms with van der Waals surface area (Å²) in [6.07, 6.45) is 5.01. The standard InChI is InChI=1S/C19H25N3O/c1-15(2)21-19(23)18(13-20)14-22-10-8-17(9-11-22)12-16-6-4-3-5-7-16/h3-7,14-15,17H,8-12H2,1-2H3,(H,21,23)/b18-14-. The number of nitriles is 1. The van der Waals surface area contributed by atoms with Crippen molar-refractivity contribution in [2.75, 3.05) is 13.1 Å². The molecule has 0 radical (unpaired) electrons. The first-order chi connectivity index (χ1) is 11.1. The zero-order valence-electron chi connectivity index (χ0n) is 14.0. The molecule has 0 atom stereocenters. The van der Waals surface area contributed by atoms with Gasteiger partial charge in [0.1, 0.15) is 11.6 Å². The van der Waals surface area contributed by atoms with Crippen LogP contribution in [-0.4, -0.2) is 29.9 Å². The molecule has 0 aromatic heterocycles. The summed E-state index contributed by atoms with van der Waals surface area (Å²) in [5, 5.41) is 11.9. The molecule has 1 N–H and O–H groups in total. The zero-order valence-corrected chi connectivity index (χ0v) is 14.0. The van der Waals surface area contributed by atoms with E-state index in [1.165, 1.54) is 5.56 Å². The summed E-state index contributed by atoms with van der Waals surface area (Å²) in [6, 6.07) is 12.6. The molecule has 0 aliphatic carbocycles. The maximum absolute atomic E-state index is 11.9. The molecule has 1 fully saturated rings. The van der Waals surface area contributed by atoms with Crippen molar-refractivity contribution in [1.29, 1.82) is 5.26 Å². The van der Waals surface area contributed by atoms with Crippen LogP contribution in [0.2, 0.25) is 0 Å². The van der Waals surface area contributed by atoms with Crippen LogP contribution in [0.4, 0.5) is 0 Å². The van der Waals surface area contributed by atoms with Gasteiger partial charge in [-0.2, -0.15) is 5.26 Å². The van der Waals surface area contributed by atoms with Crippen molar-refractivity contribution in [3.8, 4) is 6.07 Å². The van der Waals surface area contributed by atoms with E-state index in [1.54, 1.807) is 6.20 Å². The van der Waals surface area contributed by atoms with Crippen molar-refractivity contribution in [2.45, 2.75) is 39.2 Å². The highest BCUT2D eigenvalue weighted by Gasteiger charge is 2.19. The highest BCUT2D eigenvalue weighted by Crippen LogP contribution is 2.22. The number of amides is 1. The lowest BCUT2D eigenvalue weighted by atomic mass is 9.90. The third-order valence-corrected chi connectivity index (χ3v) is 4.11. The molecule has 0 spiro atoms. The van der Waals surface area contributed by atoms with Crippen LogP contribution in [0.25, 0.3) is 0 Å². The number of nitrogens with one attached hydrogen (secondary N) is 1. The molecule has 1 heterocycles. The van der Waals surface area contributed by atoms with E-state index in [9.17, 15) is 10.1 Å². The number of hydrogen-bond donors (Lipinski definition) is 1. The fraction of sp³-hybridized carbons (Fsp3) is 0.474. The van der Waals surface area contributed by atoms with Crippen LogP contribution >= 0.6 is 0 Å². The van der Waals surface area contributed by atoms with Crippen LogP contribution in [0.15, 0.2) is 42.1 Å². The minimum atomic E-state index is -0.283. The zero-order chi connectivity index (χ0) is 16.7. The fourth-order valence-electron chi connectivity index (χ4n) is 2.89. The van der Waals surface area contributed by atoms with Crippen LogP contribution in [0.5, 0.6) is 0 Å². The van der Waals surface area contributed by atoms with Crippen molar-refractivity contribution < 1.29 is 4.79 Å². The van der Waals surface area contributed by atoms with Crippen LogP contribution in [-0.2, 0) is 11.2 Å². The summed E-state index contributed by atoms with van der Waals surface area (Å²) in [6.45, 7) is 5.58. The van der Waals surface area contributed by atoms with Gasteiger partial charge in [0.15, 0.2) is 0 Å². The van der Waals surface area contributed by atoms with Gasteiger partial charge < -0.3 is 10.2 Å². The summed E-state index contributed by atoms with van der Waals surface area (Å²) in [7, 11) is 0. The minimum Gasteiger partial charge on any atom is -0.376 e. The molecular weight excluding hydrogens is 286 g/mol. The Morgan fingerprint density at radius 1 is 1.35 bits per heavy atom. The molecule has 1 aromatic carbocycles. The number of rotatable bonds is 5. The molecule has 1 amide bonds. The topological polar surface area (TPSA) is 56.1 Å². The van der Waals surface area contributed by atoms with E-state index in [2.05, 4.69) is 34.5 Å². The second-order valence-electron chi connectivity index (χ2n) is 6.45. The van der Waals surface area contributed by atoms with Crippen LogP contribution in [0.3, 0.4) is 0 Å². The SMILES string of the molecule is CC(C)NC(=O)/C(C#N)=C\N1CCC(Cc2ccccc2)CC1. The molecule has 23 heavy (non-hydrogen) atoms. The minimum absolute atomic E-state index is 0.0378. The van der Waals surface area contributed by atoms with Crippen LogP contribution in [0.1, 0.15) is 32.3 Å². The molecule has 122 valence electrons. The number of benzene rings is 1. The predicted octanol–water partition coefficient (Wildman–Crippen LogP) is 2.87. The van der Waals surface area contributed by atoms with E-state index in [1.807, 2.05) is 26.0 Å².